The lowest BCUT2D eigenvalue weighted by Crippen LogP contribution is -1.95. The number of nitrogens with zero attached hydrogens (tertiary/aromatic N) is 2. The van der Waals surface area contributed by atoms with E-state index in [9.17, 15) is 4.79 Å². The predicted octanol–water partition coefficient (Wildman–Crippen LogP) is 3.61. The van der Waals surface area contributed by atoms with Gasteiger partial charge in [0.15, 0.2) is 17.8 Å². The van der Waals surface area contributed by atoms with E-state index >= 15 is 0 Å². The summed E-state index contributed by atoms with van der Waals surface area (Å²) in [6.07, 6.45) is 1.41. The van der Waals surface area contributed by atoms with Crippen LogP contribution in [-0.2, 0) is 0 Å². The van der Waals surface area contributed by atoms with Crippen LogP contribution in [0.4, 0.5) is 0 Å². The highest BCUT2D eigenvalue weighted by atomic mass is 16.3. The van der Waals surface area contributed by atoms with Gasteiger partial charge in [0, 0.05) is 5.56 Å². The predicted molar refractivity (Wildman–Crippen MR) is 75.0 cm³/mol. The molecular weight excluding hydrogens is 252 g/mol. The molecule has 0 aliphatic rings. The first-order valence-corrected chi connectivity index (χ1v) is 6.04. The third-order valence-corrected chi connectivity index (χ3v) is 2.57. The molecule has 0 saturated heterocycles. The van der Waals surface area contributed by atoms with Crippen molar-refractivity contribution in [2.75, 3.05) is 0 Å². The number of carbonyl (C=O) groups excluding carboxylic acids is 1. The van der Waals surface area contributed by atoms with Gasteiger partial charge >= 0.3 is 0 Å². The number of para-hydroxylation sites is 2. The zero-order valence-electron chi connectivity index (χ0n) is 10.7. The molecule has 0 spiro atoms. The average Bonchev–Trinajstić information content (AvgIpc) is 2.97. The van der Waals surface area contributed by atoms with Crippen LogP contribution < -0.4 is 0 Å². The monoisotopic (exact) mass is 264 g/mol. The van der Waals surface area contributed by atoms with Gasteiger partial charge in [-0.2, -0.15) is 5.26 Å². The molecule has 0 aliphatic carbocycles. The van der Waals surface area contributed by atoms with Gasteiger partial charge in [-0.3, -0.25) is 4.79 Å². The number of hydrogen-bond donors (Lipinski definition) is 0. The van der Waals surface area contributed by atoms with E-state index in [4.69, 9.17) is 9.68 Å². The van der Waals surface area contributed by atoms with Gasteiger partial charge < -0.3 is 4.42 Å². The lowest BCUT2D eigenvalue weighted by Gasteiger charge is -1.92. The SMILES string of the molecule is N#CCC(=O)c1ccccc1.c1ccc2ocnc2c1. The number of benzene rings is 2. The van der Waals surface area contributed by atoms with E-state index in [0.717, 1.165) is 11.1 Å². The Labute approximate surface area is 116 Å². The molecule has 1 aromatic heterocycles. The first-order chi connectivity index (χ1) is 9.81. The normalized spacial score (nSPS) is 9.35. The van der Waals surface area contributed by atoms with E-state index in [1.165, 1.54) is 6.39 Å². The van der Waals surface area contributed by atoms with Crippen LogP contribution in [0.5, 0.6) is 0 Å². The second-order valence-electron chi connectivity index (χ2n) is 3.94. The van der Waals surface area contributed by atoms with Gasteiger partial charge in [0.1, 0.15) is 5.52 Å². The third-order valence-electron chi connectivity index (χ3n) is 2.57. The van der Waals surface area contributed by atoms with Crippen molar-refractivity contribution >= 4 is 16.9 Å². The molecule has 1 heterocycles. The van der Waals surface area contributed by atoms with Crippen molar-refractivity contribution in [3.8, 4) is 6.07 Å². The fourth-order valence-corrected chi connectivity index (χ4v) is 1.60. The summed E-state index contributed by atoms with van der Waals surface area (Å²) in [6, 6.07) is 18.3. The molecule has 0 bridgehead atoms. The van der Waals surface area contributed by atoms with Gasteiger partial charge in [-0.15, -0.1) is 0 Å². The maximum atomic E-state index is 11.0. The highest BCUT2D eigenvalue weighted by Gasteiger charge is 2.01. The van der Waals surface area contributed by atoms with Gasteiger partial charge in [0.2, 0.25) is 0 Å². The smallest absolute Gasteiger partial charge is 0.181 e. The molecule has 0 unspecified atom stereocenters. The number of fused-ring (bicyclic) bond motifs is 1. The maximum absolute atomic E-state index is 11.0. The molecule has 0 aliphatic heterocycles. The molecule has 98 valence electrons. The van der Waals surface area contributed by atoms with E-state index in [-0.39, 0.29) is 12.2 Å². The molecule has 2 aromatic carbocycles. The van der Waals surface area contributed by atoms with Crippen LogP contribution >= 0.6 is 0 Å². The molecule has 3 rings (SSSR count). The summed E-state index contributed by atoms with van der Waals surface area (Å²) in [4.78, 5) is 15.0. The number of ketones is 1. The molecule has 0 atom stereocenters. The summed E-state index contributed by atoms with van der Waals surface area (Å²) in [5, 5.41) is 8.23. The molecule has 4 heteroatoms. The molecule has 3 aromatic rings. The topological polar surface area (TPSA) is 66.9 Å². The highest BCUT2D eigenvalue weighted by Crippen LogP contribution is 2.09. The average molecular weight is 264 g/mol. The first-order valence-electron chi connectivity index (χ1n) is 6.04. The van der Waals surface area contributed by atoms with Gasteiger partial charge in [0.05, 0.1) is 12.5 Å². The number of aromatic nitrogens is 1. The molecule has 20 heavy (non-hydrogen) atoms. The fourth-order valence-electron chi connectivity index (χ4n) is 1.60. The van der Waals surface area contributed by atoms with Gasteiger partial charge in [0.25, 0.3) is 0 Å². The van der Waals surface area contributed by atoms with Gasteiger partial charge in [-0.25, -0.2) is 4.98 Å². The Kier molecular flexibility index (Phi) is 4.63. The number of Topliss-reactive ketones (excluding diaryl/α,β-unsaturated/α-hetero) is 1. The number of rotatable bonds is 2. The van der Waals surface area contributed by atoms with Crippen molar-refractivity contribution in [2.24, 2.45) is 0 Å². The van der Waals surface area contributed by atoms with Crippen molar-refractivity contribution in [3.05, 3.63) is 66.6 Å². The van der Waals surface area contributed by atoms with E-state index in [1.807, 2.05) is 36.4 Å². The maximum Gasteiger partial charge on any atom is 0.181 e. The van der Waals surface area contributed by atoms with Gasteiger partial charge in [-0.1, -0.05) is 42.5 Å². The van der Waals surface area contributed by atoms with Crippen molar-refractivity contribution in [3.63, 3.8) is 0 Å². The van der Waals surface area contributed by atoms with E-state index < -0.39 is 0 Å². The Balaban J connectivity index is 0.000000149. The Bertz CT molecular complexity index is 697. The first kappa shape index (κ1) is 13.5. The quantitative estimate of drug-likeness (QED) is 0.663. The third kappa shape index (κ3) is 3.53. The molecule has 0 saturated carbocycles. The van der Waals surface area contributed by atoms with Crippen LogP contribution in [0.2, 0.25) is 0 Å². The van der Waals surface area contributed by atoms with Crippen molar-refractivity contribution in [2.45, 2.75) is 6.42 Å². The summed E-state index contributed by atoms with van der Waals surface area (Å²) in [6.45, 7) is 0. The molecular formula is C16H12N2O2. The number of carbonyl (C=O) groups is 1. The minimum atomic E-state index is -0.117. The van der Waals surface area contributed by atoms with Crippen molar-refractivity contribution in [1.82, 2.24) is 4.98 Å². The van der Waals surface area contributed by atoms with Crippen molar-refractivity contribution in [1.29, 1.82) is 5.26 Å². The number of oxazole rings is 1. The van der Waals surface area contributed by atoms with Crippen LogP contribution in [0.25, 0.3) is 11.1 Å². The summed E-state index contributed by atoms with van der Waals surface area (Å²) in [5.41, 5.74) is 2.36. The van der Waals surface area contributed by atoms with E-state index in [0.29, 0.717) is 5.56 Å². The molecule has 0 fully saturated rings. The minimum absolute atomic E-state index is 0.0377. The Morgan fingerprint density at radius 1 is 1.10 bits per heavy atom. The molecule has 0 radical (unpaired) electrons. The Morgan fingerprint density at radius 2 is 1.80 bits per heavy atom. The van der Waals surface area contributed by atoms with Crippen LogP contribution in [-0.4, -0.2) is 10.8 Å². The van der Waals surface area contributed by atoms with Crippen LogP contribution in [0.1, 0.15) is 16.8 Å². The fraction of sp³-hybridized carbons (Fsp3) is 0.0625. The minimum Gasteiger partial charge on any atom is -0.443 e. The molecule has 4 nitrogen and oxygen atoms in total. The van der Waals surface area contributed by atoms with Crippen LogP contribution in [0.3, 0.4) is 0 Å². The summed E-state index contributed by atoms with van der Waals surface area (Å²) in [5.74, 6) is -0.117. The van der Waals surface area contributed by atoms with Crippen LogP contribution in [0.15, 0.2) is 65.4 Å². The standard InChI is InChI=1S/C9H7NO.C7H5NO/c10-7-6-9(11)8-4-2-1-3-5-8;1-2-4-7-6(3-1)8-5-9-7/h1-5H,6H2;1-5H. The second kappa shape index (κ2) is 6.86. The number of nitriles is 1. The molecule has 0 amide bonds. The zero-order chi connectivity index (χ0) is 14.2. The highest BCUT2D eigenvalue weighted by molar-refractivity contribution is 5.97. The van der Waals surface area contributed by atoms with Gasteiger partial charge in [-0.05, 0) is 12.1 Å². The lowest BCUT2D eigenvalue weighted by molar-refractivity contribution is 0.0997. The molecule has 0 N–H and O–H groups in total. The van der Waals surface area contributed by atoms with Crippen molar-refractivity contribution < 1.29 is 9.21 Å². The number of hydrogen-bond acceptors (Lipinski definition) is 4. The Hall–Kier alpha value is -2.93. The second-order valence-corrected chi connectivity index (χ2v) is 3.94. The summed E-state index contributed by atoms with van der Waals surface area (Å²) >= 11 is 0. The van der Waals surface area contributed by atoms with Crippen LogP contribution in [0, 0.1) is 11.3 Å². The summed E-state index contributed by atoms with van der Waals surface area (Å²) in [7, 11) is 0. The zero-order valence-corrected chi connectivity index (χ0v) is 10.7. The lowest BCUT2D eigenvalue weighted by atomic mass is 10.1. The Morgan fingerprint density at radius 3 is 2.50 bits per heavy atom. The largest absolute Gasteiger partial charge is 0.443 e. The summed E-state index contributed by atoms with van der Waals surface area (Å²) < 4.78 is 5.01. The van der Waals surface area contributed by atoms with E-state index in [2.05, 4.69) is 4.98 Å². The van der Waals surface area contributed by atoms with E-state index in [1.54, 1.807) is 24.3 Å².